The Balaban J connectivity index is 2.47. The van der Waals surface area contributed by atoms with E-state index in [2.05, 4.69) is 105 Å². The van der Waals surface area contributed by atoms with E-state index in [1.807, 2.05) is 0 Å². The van der Waals surface area contributed by atoms with Gasteiger partial charge in [0.25, 0.3) is 0 Å². The lowest BCUT2D eigenvalue weighted by Gasteiger charge is -2.45. The maximum atomic E-state index is 6.50. The standard InChI is InChI=1S/C25H44Cl2N2P2/c1-22(2,3)30(23(4,5)6)16-28-15-29(17-31(24(7,8)9)25(10,11)12)21-14-19(27)18(26)13-20(21)28/h13-14H,15-17H2,1-12H3. The van der Waals surface area contributed by atoms with E-state index in [1.165, 1.54) is 11.4 Å². The molecule has 0 amide bonds. The van der Waals surface area contributed by atoms with Gasteiger partial charge < -0.3 is 9.80 Å². The van der Waals surface area contributed by atoms with Crippen molar-refractivity contribution >= 4 is 50.4 Å². The Morgan fingerprint density at radius 2 is 0.871 bits per heavy atom. The summed E-state index contributed by atoms with van der Waals surface area (Å²) >= 11 is 13.0. The summed E-state index contributed by atoms with van der Waals surface area (Å²) in [5.41, 5.74) is 2.49. The second-order valence-electron chi connectivity index (χ2n) is 12.8. The van der Waals surface area contributed by atoms with Gasteiger partial charge >= 0.3 is 0 Å². The van der Waals surface area contributed by atoms with Gasteiger partial charge in [-0.15, -0.1) is 0 Å². The number of rotatable bonds is 4. The molecular formula is C25H44Cl2N2P2. The Kier molecular flexibility index (Phi) is 8.10. The lowest BCUT2D eigenvalue weighted by atomic mass is 10.2. The predicted octanol–water partition coefficient (Wildman–Crippen LogP) is 9.65. The van der Waals surface area contributed by atoms with Crippen LogP contribution in [0.5, 0.6) is 0 Å². The third-order valence-corrected chi connectivity index (χ3v) is 14.4. The van der Waals surface area contributed by atoms with E-state index in [1.54, 1.807) is 0 Å². The number of nitrogens with zero attached hydrogens (tertiary/aromatic N) is 2. The maximum absolute atomic E-state index is 6.50. The zero-order valence-corrected chi connectivity index (χ0v) is 25.1. The van der Waals surface area contributed by atoms with Gasteiger partial charge in [-0.05, 0) is 32.8 Å². The molecule has 0 bridgehead atoms. The molecule has 0 unspecified atom stereocenters. The highest BCUT2D eigenvalue weighted by Gasteiger charge is 2.41. The van der Waals surface area contributed by atoms with Gasteiger partial charge in [0.2, 0.25) is 0 Å². The number of hydrogen-bond acceptors (Lipinski definition) is 2. The summed E-state index contributed by atoms with van der Waals surface area (Å²) in [6, 6.07) is 4.18. The normalized spacial score (nSPS) is 16.0. The molecule has 178 valence electrons. The molecular weight excluding hydrogens is 461 g/mol. The van der Waals surface area contributed by atoms with Gasteiger partial charge in [-0.25, -0.2) is 0 Å². The highest BCUT2D eigenvalue weighted by molar-refractivity contribution is 7.61. The van der Waals surface area contributed by atoms with Gasteiger partial charge in [0.05, 0.1) is 28.1 Å². The van der Waals surface area contributed by atoms with Crippen LogP contribution in [0.15, 0.2) is 12.1 Å². The predicted molar refractivity (Wildman–Crippen MR) is 149 cm³/mol. The van der Waals surface area contributed by atoms with Gasteiger partial charge in [0.15, 0.2) is 0 Å². The van der Waals surface area contributed by atoms with E-state index < -0.39 is 0 Å². The van der Waals surface area contributed by atoms with Crippen molar-refractivity contribution in [3.63, 3.8) is 0 Å². The van der Waals surface area contributed by atoms with Gasteiger partial charge in [0.1, 0.15) is 0 Å². The van der Waals surface area contributed by atoms with Crippen molar-refractivity contribution in [2.75, 3.05) is 29.0 Å². The summed E-state index contributed by atoms with van der Waals surface area (Å²) in [6.45, 7) is 29.7. The quantitative estimate of drug-likeness (QED) is 0.376. The van der Waals surface area contributed by atoms with Crippen molar-refractivity contribution in [2.24, 2.45) is 0 Å². The Labute approximate surface area is 204 Å². The molecule has 1 aliphatic rings. The first-order chi connectivity index (χ1) is 13.7. The molecule has 0 atom stereocenters. The molecule has 1 heterocycles. The van der Waals surface area contributed by atoms with E-state index in [4.69, 9.17) is 23.2 Å². The van der Waals surface area contributed by atoms with Crippen LogP contribution in [0.1, 0.15) is 83.1 Å². The minimum Gasteiger partial charge on any atom is -0.348 e. The number of fused-ring (bicyclic) bond motifs is 1. The summed E-state index contributed by atoms with van der Waals surface area (Å²) in [4.78, 5) is 5.14. The molecule has 0 fully saturated rings. The summed E-state index contributed by atoms with van der Waals surface area (Å²) in [7, 11) is -0.503. The molecule has 1 aliphatic heterocycles. The molecule has 0 saturated carbocycles. The Bertz CT molecular complexity index is 690. The van der Waals surface area contributed by atoms with Crippen LogP contribution in [0.3, 0.4) is 0 Å². The second-order valence-corrected chi connectivity index (χ2v) is 21.3. The van der Waals surface area contributed by atoms with Gasteiger partial charge in [-0.2, -0.15) is 0 Å². The van der Waals surface area contributed by atoms with Crippen molar-refractivity contribution < 1.29 is 0 Å². The van der Waals surface area contributed by atoms with E-state index in [9.17, 15) is 0 Å². The fourth-order valence-corrected chi connectivity index (χ4v) is 12.0. The zero-order valence-electron chi connectivity index (χ0n) is 21.8. The lowest BCUT2D eigenvalue weighted by Crippen LogP contribution is -2.38. The first-order valence-corrected chi connectivity index (χ1v) is 15.1. The second kappa shape index (κ2) is 9.13. The van der Waals surface area contributed by atoms with Gasteiger partial charge in [-0.1, -0.05) is 122 Å². The first-order valence-electron chi connectivity index (χ1n) is 11.3. The smallest absolute Gasteiger partial charge is 0.0911 e. The molecule has 0 spiro atoms. The molecule has 2 nitrogen and oxygen atoms in total. The third kappa shape index (κ3) is 6.66. The van der Waals surface area contributed by atoms with E-state index >= 15 is 0 Å². The monoisotopic (exact) mass is 504 g/mol. The van der Waals surface area contributed by atoms with Crippen molar-refractivity contribution in [2.45, 2.75) is 104 Å². The molecule has 0 radical (unpaired) electrons. The van der Waals surface area contributed by atoms with Gasteiger partial charge in [-0.3, -0.25) is 0 Å². The van der Waals surface area contributed by atoms with Crippen molar-refractivity contribution in [1.29, 1.82) is 0 Å². The fourth-order valence-electron chi connectivity index (χ4n) is 4.84. The summed E-state index contributed by atoms with van der Waals surface area (Å²) in [6.07, 6.45) is 2.15. The molecule has 2 rings (SSSR count). The SMILES string of the molecule is CC(C)(C)P(CN1CN(CP(C(C)(C)C)C(C)(C)C)c2cc(Cl)c(Cl)cc21)C(C)(C)C. The number of halogens is 2. The minimum atomic E-state index is -0.252. The van der Waals surface area contributed by atoms with Crippen LogP contribution in [0.4, 0.5) is 11.4 Å². The van der Waals surface area contributed by atoms with E-state index in [0.29, 0.717) is 10.0 Å². The zero-order chi connectivity index (χ0) is 24.2. The van der Waals surface area contributed by atoms with Crippen molar-refractivity contribution in [1.82, 2.24) is 0 Å². The molecule has 1 aromatic rings. The van der Waals surface area contributed by atoms with Crippen LogP contribution < -0.4 is 9.80 Å². The van der Waals surface area contributed by atoms with Crippen LogP contribution in [-0.4, -0.2) is 39.9 Å². The molecule has 1 aromatic carbocycles. The van der Waals surface area contributed by atoms with Crippen molar-refractivity contribution in [3.8, 4) is 0 Å². The van der Waals surface area contributed by atoms with Crippen LogP contribution in [0.2, 0.25) is 10.0 Å². The van der Waals surface area contributed by atoms with Gasteiger partial charge in [0, 0.05) is 12.6 Å². The maximum Gasteiger partial charge on any atom is 0.0911 e. The van der Waals surface area contributed by atoms with Crippen LogP contribution in [0.25, 0.3) is 0 Å². The number of benzene rings is 1. The number of anilines is 2. The summed E-state index contributed by atoms with van der Waals surface area (Å²) in [5, 5.41) is 2.41. The Morgan fingerprint density at radius 1 is 0.613 bits per heavy atom. The first kappa shape index (κ1) is 27.5. The molecule has 31 heavy (non-hydrogen) atoms. The fraction of sp³-hybridized carbons (Fsp3) is 0.760. The average molecular weight is 505 g/mol. The largest absolute Gasteiger partial charge is 0.348 e. The molecule has 0 N–H and O–H groups in total. The summed E-state index contributed by atoms with van der Waals surface area (Å²) < 4.78 is 0. The molecule has 0 aliphatic carbocycles. The van der Waals surface area contributed by atoms with E-state index in [0.717, 1.165) is 19.2 Å². The average Bonchev–Trinajstić information content (AvgIpc) is 2.83. The number of hydrogen-bond donors (Lipinski definition) is 0. The Morgan fingerprint density at radius 3 is 1.10 bits per heavy atom. The van der Waals surface area contributed by atoms with E-state index in [-0.39, 0.29) is 36.5 Å². The highest BCUT2D eigenvalue weighted by Crippen LogP contribution is 2.63. The lowest BCUT2D eigenvalue weighted by molar-refractivity contribution is 0.692. The minimum absolute atomic E-state index is 0.252. The molecule has 0 saturated heterocycles. The molecule has 0 aromatic heterocycles. The highest BCUT2D eigenvalue weighted by atomic mass is 35.5. The van der Waals surface area contributed by atoms with Crippen LogP contribution in [0, 0.1) is 0 Å². The van der Waals surface area contributed by atoms with Crippen LogP contribution in [-0.2, 0) is 0 Å². The summed E-state index contributed by atoms with van der Waals surface area (Å²) in [5.74, 6) is 0. The van der Waals surface area contributed by atoms with Crippen LogP contribution >= 0.6 is 39.0 Å². The molecule has 6 heteroatoms. The Hall–Kier alpha value is 0.260. The van der Waals surface area contributed by atoms with Crippen molar-refractivity contribution in [3.05, 3.63) is 22.2 Å². The topological polar surface area (TPSA) is 6.48 Å². The third-order valence-electron chi connectivity index (χ3n) is 5.90.